The number of nitrogens with zero attached hydrogens (tertiary/aromatic N) is 1. The molecule has 0 aromatic heterocycles. The summed E-state index contributed by atoms with van der Waals surface area (Å²) in [5.41, 5.74) is 0. The number of nitrogens with one attached hydrogen (secondary N) is 1. The Bertz CT molecular complexity index is 647. The molecule has 2 amide bonds. The Kier molecular flexibility index (Phi) is 9.86. The van der Waals surface area contributed by atoms with Crippen LogP contribution in [0.4, 0.5) is 0 Å². The van der Waals surface area contributed by atoms with Crippen LogP contribution in [0.5, 0.6) is 0 Å². The number of rotatable bonds is 12. The molecule has 0 radical (unpaired) electrons. The van der Waals surface area contributed by atoms with Gasteiger partial charge in [-0.15, -0.1) is 0 Å². The molecule has 2 heterocycles. The summed E-state index contributed by atoms with van der Waals surface area (Å²) in [5, 5.41) is 41.8. The molecule has 3 fully saturated rings. The van der Waals surface area contributed by atoms with Gasteiger partial charge in [0, 0.05) is 26.5 Å². The van der Waals surface area contributed by atoms with E-state index in [1.165, 1.54) is 6.92 Å². The van der Waals surface area contributed by atoms with Gasteiger partial charge < -0.3 is 44.9 Å². The lowest BCUT2D eigenvalue weighted by Gasteiger charge is -2.42. The quantitative estimate of drug-likeness (QED) is 0.216. The van der Waals surface area contributed by atoms with Crippen molar-refractivity contribution in [3.8, 4) is 0 Å². The minimum atomic E-state index is -1.35. The summed E-state index contributed by atoms with van der Waals surface area (Å²) >= 11 is 0. The lowest BCUT2D eigenvalue weighted by Crippen LogP contribution is -2.64. The molecule has 0 bridgehead atoms. The first kappa shape index (κ1) is 26.3. The lowest BCUT2D eigenvalue weighted by atomic mass is 9.97. The van der Waals surface area contributed by atoms with Gasteiger partial charge in [-0.1, -0.05) is 6.42 Å². The number of hydrogen-bond donors (Lipinski definition) is 5. The predicted molar refractivity (Wildman–Crippen MR) is 115 cm³/mol. The van der Waals surface area contributed by atoms with E-state index < -0.39 is 43.2 Å². The SMILES string of the molecule is CC(=O)NC1C(OCCCCCC(=O)N2C[C@H](OC3CC3)C[C@H]2CO)OC(CO)C(O)C1O. The molecule has 1 aliphatic carbocycles. The largest absolute Gasteiger partial charge is 0.394 e. The summed E-state index contributed by atoms with van der Waals surface area (Å²) in [7, 11) is 0. The summed E-state index contributed by atoms with van der Waals surface area (Å²) in [6.45, 7) is 1.53. The van der Waals surface area contributed by atoms with Crippen LogP contribution in [0, 0.1) is 0 Å². The second-order valence-electron chi connectivity index (χ2n) is 9.19. The molecule has 2 saturated heterocycles. The van der Waals surface area contributed by atoms with E-state index in [9.17, 15) is 30.0 Å². The third-order valence-corrected chi connectivity index (χ3v) is 6.38. The molecule has 0 aromatic carbocycles. The van der Waals surface area contributed by atoms with Crippen molar-refractivity contribution in [3.05, 3.63) is 0 Å². The fourth-order valence-corrected chi connectivity index (χ4v) is 4.44. The summed E-state index contributed by atoms with van der Waals surface area (Å²) in [6, 6.07) is -1.14. The van der Waals surface area contributed by atoms with Gasteiger partial charge in [0.1, 0.15) is 24.4 Å². The van der Waals surface area contributed by atoms with Gasteiger partial charge in [-0.2, -0.15) is 0 Å². The first-order chi connectivity index (χ1) is 15.8. The maximum atomic E-state index is 12.6. The molecular weight excluding hydrogens is 436 g/mol. The monoisotopic (exact) mass is 474 g/mol. The summed E-state index contributed by atoms with van der Waals surface area (Å²) in [6.07, 6.45) is 0.831. The molecular formula is C22H38N2O9. The number of amides is 2. The Morgan fingerprint density at radius 1 is 1.06 bits per heavy atom. The van der Waals surface area contributed by atoms with Crippen molar-refractivity contribution in [2.45, 2.75) is 101 Å². The number of aliphatic hydroxyl groups excluding tert-OH is 4. The Hall–Kier alpha value is -1.34. The van der Waals surface area contributed by atoms with E-state index in [4.69, 9.17) is 14.2 Å². The van der Waals surface area contributed by atoms with Crippen LogP contribution in [0.1, 0.15) is 51.9 Å². The van der Waals surface area contributed by atoms with E-state index in [1.807, 2.05) is 0 Å². The van der Waals surface area contributed by atoms with Gasteiger partial charge in [0.2, 0.25) is 11.8 Å². The first-order valence-corrected chi connectivity index (χ1v) is 11.9. The second kappa shape index (κ2) is 12.4. The van der Waals surface area contributed by atoms with Crippen molar-refractivity contribution in [3.63, 3.8) is 0 Å². The standard InChI is InChI=1S/C22H38N2O9/c1-13(27)23-19-21(30)20(29)17(12-26)33-22(19)31-8-4-2-3-5-18(28)24-10-16(9-14(24)11-25)32-15-6-7-15/h14-17,19-22,25-26,29-30H,2-12H2,1H3,(H,23,27)/t14-,16+,17?,19?,20?,21?,22?/m0/s1. The molecule has 5 unspecified atom stereocenters. The topological polar surface area (TPSA) is 158 Å². The minimum absolute atomic E-state index is 0.00988. The average molecular weight is 475 g/mol. The zero-order valence-corrected chi connectivity index (χ0v) is 19.2. The molecule has 7 atom stereocenters. The number of carbonyl (C=O) groups excluding carboxylic acids is 2. The molecule has 3 rings (SSSR count). The second-order valence-corrected chi connectivity index (χ2v) is 9.19. The van der Waals surface area contributed by atoms with Crippen LogP contribution in [-0.2, 0) is 23.8 Å². The third-order valence-electron chi connectivity index (χ3n) is 6.38. The number of aliphatic hydroxyl groups is 4. The van der Waals surface area contributed by atoms with Gasteiger partial charge in [-0.05, 0) is 32.1 Å². The Labute approximate surface area is 194 Å². The molecule has 11 heteroatoms. The summed E-state index contributed by atoms with van der Waals surface area (Å²) in [4.78, 5) is 25.8. The Morgan fingerprint density at radius 3 is 2.45 bits per heavy atom. The van der Waals surface area contributed by atoms with E-state index in [2.05, 4.69) is 5.32 Å². The number of carbonyl (C=O) groups is 2. The maximum absolute atomic E-state index is 12.6. The number of likely N-dealkylation sites (tertiary alicyclic amines) is 1. The Morgan fingerprint density at radius 2 is 1.82 bits per heavy atom. The van der Waals surface area contributed by atoms with Gasteiger partial charge >= 0.3 is 0 Å². The molecule has 190 valence electrons. The minimum Gasteiger partial charge on any atom is -0.394 e. The van der Waals surface area contributed by atoms with E-state index in [-0.39, 0.29) is 31.3 Å². The fourth-order valence-electron chi connectivity index (χ4n) is 4.44. The molecule has 0 aromatic rings. The molecule has 11 nitrogen and oxygen atoms in total. The van der Waals surface area contributed by atoms with E-state index in [1.54, 1.807) is 4.90 Å². The fraction of sp³-hybridized carbons (Fsp3) is 0.909. The van der Waals surface area contributed by atoms with Crippen LogP contribution in [0.3, 0.4) is 0 Å². The molecule has 2 aliphatic heterocycles. The summed E-state index contributed by atoms with van der Waals surface area (Å²) in [5.74, 6) is -0.390. The van der Waals surface area contributed by atoms with Gasteiger partial charge in [0.15, 0.2) is 6.29 Å². The molecule has 5 N–H and O–H groups in total. The van der Waals surface area contributed by atoms with Crippen molar-refractivity contribution in [2.24, 2.45) is 0 Å². The summed E-state index contributed by atoms with van der Waals surface area (Å²) < 4.78 is 17.1. The van der Waals surface area contributed by atoms with Crippen LogP contribution < -0.4 is 5.32 Å². The zero-order valence-electron chi connectivity index (χ0n) is 19.2. The maximum Gasteiger partial charge on any atom is 0.222 e. The van der Waals surface area contributed by atoms with E-state index in [0.29, 0.717) is 38.3 Å². The first-order valence-electron chi connectivity index (χ1n) is 11.9. The van der Waals surface area contributed by atoms with Gasteiger partial charge in [0.05, 0.1) is 31.5 Å². The van der Waals surface area contributed by atoms with E-state index in [0.717, 1.165) is 19.3 Å². The normalized spacial score (nSPS) is 34.5. The van der Waals surface area contributed by atoms with E-state index >= 15 is 0 Å². The van der Waals surface area contributed by atoms with Crippen LogP contribution in [0.15, 0.2) is 0 Å². The van der Waals surface area contributed by atoms with Crippen molar-refractivity contribution in [1.82, 2.24) is 10.2 Å². The molecule has 0 spiro atoms. The van der Waals surface area contributed by atoms with Crippen molar-refractivity contribution in [2.75, 3.05) is 26.4 Å². The Balaban J connectivity index is 1.36. The number of unbranched alkanes of at least 4 members (excludes halogenated alkanes) is 2. The van der Waals surface area contributed by atoms with Gasteiger partial charge in [-0.3, -0.25) is 9.59 Å². The molecule has 3 aliphatic rings. The predicted octanol–water partition coefficient (Wildman–Crippen LogP) is -1.35. The van der Waals surface area contributed by atoms with Gasteiger partial charge in [0.25, 0.3) is 0 Å². The third kappa shape index (κ3) is 7.32. The highest BCUT2D eigenvalue weighted by molar-refractivity contribution is 5.77. The number of hydrogen-bond acceptors (Lipinski definition) is 9. The van der Waals surface area contributed by atoms with Gasteiger partial charge in [-0.25, -0.2) is 0 Å². The van der Waals surface area contributed by atoms with Crippen molar-refractivity contribution in [1.29, 1.82) is 0 Å². The van der Waals surface area contributed by atoms with Crippen LogP contribution in [0.25, 0.3) is 0 Å². The highest BCUT2D eigenvalue weighted by atomic mass is 16.7. The lowest BCUT2D eigenvalue weighted by molar-refractivity contribution is -0.270. The van der Waals surface area contributed by atoms with Crippen LogP contribution in [-0.4, -0.2) is 112 Å². The smallest absolute Gasteiger partial charge is 0.222 e. The van der Waals surface area contributed by atoms with Crippen molar-refractivity contribution >= 4 is 11.8 Å². The van der Waals surface area contributed by atoms with Crippen LogP contribution in [0.2, 0.25) is 0 Å². The highest BCUT2D eigenvalue weighted by Gasteiger charge is 2.45. The van der Waals surface area contributed by atoms with Crippen molar-refractivity contribution < 1.29 is 44.2 Å². The average Bonchev–Trinajstić information content (AvgIpc) is 3.50. The zero-order chi connectivity index (χ0) is 24.0. The van der Waals surface area contributed by atoms with Crippen LogP contribution >= 0.6 is 0 Å². The number of ether oxygens (including phenoxy) is 3. The molecule has 33 heavy (non-hydrogen) atoms. The highest BCUT2D eigenvalue weighted by Crippen LogP contribution is 2.30. The molecule has 1 saturated carbocycles.